The van der Waals surface area contributed by atoms with Crippen LogP contribution in [0.15, 0.2) is 48.5 Å². The van der Waals surface area contributed by atoms with Crippen molar-refractivity contribution in [2.24, 2.45) is 0 Å². The number of fused-ring (bicyclic) bond motifs is 1. The van der Waals surface area contributed by atoms with Crippen LogP contribution in [0.2, 0.25) is 0 Å². The van der Waals surface area contributed by atoms with Crippen molar-refractivity contribution in [3.63, 3.8) is 0 Å². The molecule has 0 bridgehead atoms. The summed E-state index contributed by atoms with van der Waals surface area (Å²) in [5, 5.41) is 7.12. The Labute approximate surface area is 200 Å². The summed E-state index contributed by atoms with van der Waals surface area (Å²) in [5.41, 5.74) is 7.09. The van der Waals surface area contributed by atoms with E-state index in [9.17, 15) is 4.79 Å². The lowest BCUT2D eigenvalue weighted by atomic mass is 9.87. The number of para-hydroxylation sites is 1. The molecule has 7 nitrogen and oxygen atoms in total. The van der Waals surface area contributed by atoms with Crippen LogP contribution in [0.4, 0.5) is 5.69 Å². The molecule has 2 N–H and O–H groups in total. The van der Waals surface area contributed by atoms with Crippen LogP contribution in [0.25, 0.3) is 22.4 Å². The molecule has 0 saturated carbocycles. The summed E-state index contributed by atoms with van der Waals surface area (Å²) >= 11 is 0. The Morgan fingerprint density at radius 3 is 2.41 bits per heavy atom. The summed E-state index contributed by atoms with van der Waals surface area (Å²) in [7, 11) is 0. The maximum atomic E-state index is 12.8. The fourth-order valence-electron chi connectivity index (χ4n) is 4.50. The van der Waals surface area contributed by atoms with E-state index in [1.807, 2.05) is 17.9 Å². The molecule has 34 heavy (non-hydrogen) atoms. The third kappa shape index (κ3) is 4.18. The number of carbonyl (C=O) groups is 1. The number of aromatic amines is 2. The fourth-order valence-corrected chi connectivity index (χ4v) is 4.50. The van der Waals surface area contributed by atoms with Gasteiger partial charge in [0.1, 0.15) is 17.0 Å². The average molecular weight is 457 g/mol. The van der Waals surface area contributed by atoms with Gasteiger partial charge in [-0.3, -0.25) is 9.89 Å². The lowest BCUT2D eigenvalue weighted by Crippen LogP contribution is -2.49. The van der Waals surface area contributed by atoms with Gasteiger partial charge in [0, 0.05) is 37.4 Å². The number of rotatable bonds is 4. The van der Waals surface area contributed by atoms with Crippen LogP contribution in [-0.2, 0) is 11.8 Å². The minimum atomic E-state index is -0.00503. The van der Waals surface area contributed by atoms with Gasteiger partial charge in [0.25, 0.3) is 5.91 Å². The van der Waals surface area contributed by atoms with Crippen molar-refractivity contribution in [2.75, 3.05) is 31.1 Å². The molecule has 1 saturated heterocycles. The van der Waals surface area contributed by atoms with Crippen LogP contribution in [0.5, 0.6) is 0 Å². The number of nitrogens with one attached hydrogen (secondary N) is 2. The van der Waals surface area contributed by atoms with Gasteiger partial charge >= 0.3 is 0 Å². The van der Waals surface area contributed by atoms with Crippen LogP contribution in [0, 0.1) is 0 Å². The minimum absolute atomic E-state index is 0.00503. The van der Waals surface area contributed by atoms with Crippen molar-refractivity contribution >= 4 is 22.6 Å². The Kier molecular flexibility index (Phi) is 5.63. The van der Waals surface area contributed by atoms with Crippen LogP contribution in [0.3, 0.4) is 0 Å². The zero-order valence-corrected chi connectivity index (χ0v) is 20.4. The number of hydrogen-bond donors (Lipinski definition) is 2. The number of carbonyl (C=O) groups excluding carboxylic acids is 1. The number of aryl methyl sites for hydroxylation is 1. The molecule has 0 aliphatic carbocycles. The molecule has 2 aromatic heterocycles. The van der Waals surface area contributed by atoms with E-state index in [0.717, 1.165) is 53.3 Å². The van der Waals surface area contributed by atoms with Gasteiger partial charge in [-0.05, 0) is 35.6 Å². The molecule has 0 radical (unpaired) electrons. The van der Waals surface area contributed by atoms with Gasteiger partial charge in [-0.2, -0.15) is 5.10 Å². The molecule has 0 spiro atoms. The van der Waals surface area contributed by atoms with E-state index < -0.39 is 0 Å². The zero-order chi connectivity index (χ0) is 23.9. The minimum Gasteiger partial charge on any atom is -0.366 e. The number of nitrogens with zero attached hydrogens (tertiary/aromatic N) is 4. The van der Waals surface area contributed by atoms with Crippen LogP contribution in [-0.4, -0.2) is 57.2 Å². The molecular formula is C27H32N6O. The second-order valence-corrected chi connectivity index (χ2v) is 10.00. The van der Waals surface area contributed by atoms with Gasteiger partial charge in [-0.25, -0.2) is 4.98 Å². The SMILES string of the molecule is CCc1cc(C(=O)N2CCN(c3cccc4[nH]c(-c5ccc(C(C)(C)C)cc5)nc34)CC2)n[nH]1. The van der Waals surface area contributed by atoms with E-state index in [1.54, 1.807) is 0 Å². The van der Waals surface area contributed by atoms with Crippen LogP contribution >= 0.6 is 0 Å². The first-order valence-corrected chi connectivity index (χ1v) is 12.0. The molecule has 3 heterocycles. The number of hydrogen-bond acceptors (Lipinski definition) is 4. The van der Waals surface area contributed by atoms with Crippen LogP contribution in [0.1, 0.15) is 49.4 Å². The lowest BCUT2D eigenvalue weighted by Gasteiger charge is -2.35. The third-order valence-electron chi connectivity index (χ3n) is 6.65. The molecular weight excluding hydrogens is 424 g/mol. The quantitative estimate of drug-likeness (QED) is 0.463. The van der Waals surface area contributed by atoms with Crippen molar-refractivity contribution in [3.05, 3.63) is 65.5 Å². The number of amides is 1. The van der Waals surface area contributed by atoms with E-state index in [4.69, 9.17) is 4.98 Å². The molecule has 1 amide bonds. The lowest BCUT2D eigenvalue weighted by molar-refractivity contribution is 0.0741. The summed E-state index contributed by atoms with van der Waals surface area (Å²) in [6.07, 6.45) is 0.838. The van der Waals surface area contributed by atoms with Gasteiger partial charge in [0.2, 0.25) is 0 Å². The van der Waals surface area contributed by atoms with E-state index in [2.05, 4.69) is 83.3 Å². The summed E-state index contributed by atoms with van der Waals surface area (Å²) in [5.74, 6) is 0.872. The predicted molar refractivity (Wildman–Crippen MR) is 136 cm³/mol. The smallest absolute Gasteiger partial charge is 0.274 e. The first-order chi connectivity index (χ1) is 16.3. The number of anilines is 1. The van der Waals surface area contributed by atoms with Gasteiger partial charge in [0.05, 0.1) is 11.2 Å². The molecule has 0 atom stereocenters. The molecule has 5 rings (SSSR count). The Balaban J connectivity index is 1.34. The van der Waals surface area contributed by atoms with E-state index >= 15 is 0 Å². The predicted octanol–water partition coefficient (Wildman–Crippen LogP) is 4.78. The number of H-pyrrole nitrogens is 2. The normalized spacial score (nSPS) is 14.7. The van der Waals surface area contributed by atoms with Crippen molar-refractivity contribution in [2.45, 2.75) is 39.5 Å². The molecule has 1 aliphatic rings. The molecule has 4 aromatic rings. The highest BCUT2D eigenvalue weighted by molar-refractivity contribution is 5.93. The van der Waals surface area contributed by atoms with E-state index in [0.29, 0.717) is 18.8 Å². The molecule has 0 unspecified atom stereocenters. The standard InChI is InChI=1S/C27H32N6O/c1-5-20-17-22(31-30-20)26(34)33-15-13-32(14-16-33)23-8-6-7-21-24(23)29-25(28-21)18-9-11-19(12-10-18)27(2,3)4/h6-12,17H,5,13-16H2,1-4H3,(H,28,29)(H,30,31). The Bertz CT molecular complexity index is 1300. The van der Waals surface area contributed by atoms with Crippen molar-refractivity contribution in [1.29, 1.82) is 0 Å². The van der Waals surface area contributed by atoms with Gasteiger partial charge in [0.15, 0.2) is 0 Å². The van der Waals surface area contributed by atoms with Crippen LogP contribution < -0.4 is 4.90 Å². The highest BCUT2D eigenvalue weighted by atomic mass is 16.2. The summed E-state index contributed by atoms with van der Waals surface area (Å²) < 4.78 is 0. The molecule has 176 valence electrons. The molecule has 2 aromatic carbocycles. The first-order valence-electron chi connectivity index (χ1n) is 12.0. The van der Waals surface area contributed by atoms with Crippen molar-refractivity contribution in [1.82, 2.24) is 25.1 Å². The van der Waals surface area contributed by atoms with Crippen molar-refractivity contribution in [3.8, 4) is 11.4 Å². The fraction of sp³-hybridized carbons (Fsp3) is 0.370. The zero-order valence-electron chi connectivity index (χ0n) is 20.4. The largest absolute Gasteiger partial charge is 0.366 e. The molecule has 1 aliphatic heterocycles. The number of aromatic nitrogens is 4. The Morgan fingerprint density at radius 2 is 1.76 bits per heavy atom. The molecule has 1 fully saturated rings. The number of benzene rings is 2. The summed E-state index contributed by atoms with van der Waals surface area (Å²) in [6, 6.07) is 16.8. The number of piperazine rings is 1. The van der Waals surface area contributed by atoms with Gasteiger partial charge in [-0.15, -0.1) is 0 Å². The highest BCUT2D eigenvalue weighted by Crippen LogP contribution is 2.30. The monoisotopic (exact) mass is 456 g/mol. The van der Waals surface area contributed by atoms with E-state index in [-0.39, 0.29) is 11.3 Å². The molecule has 7 heteroatoms. The maximum absolute atomic E-state index is 12.8. The van der Waals surface area contributed by atoms with Gasteiger partial charge < -0.3 is 14.8 Å². The summed E-state index contributed by atoms with van der Waals surface area (Å²) in [4.78, 5) is 25.5. The average Bonchev–Trinajstić information content (AvgIpc) is 3.50. The number of imidazole rings is 1. The van der Waals surface area contributed by atoms with Crippen molar-refractivity contribution < 1.29 is 4.79 Å². The summed E-state index contributed by atoms with van der Waals surface area (Å²) in [6.45, 7) is 11.6. The Morgan fingerprint density at radius 1 is 1.03 bits per heavy atom. The first kappa shape index (κ1) is 22.2. The van der Waals surface area contributed by atoms with E-state index in [1.165, 1.54) is 5.56 Å². The topological polar surface area (TPSA) is 80.9 Å². The second-order valence-electron chi connectivity index (χ2n) is 10.00. The van der Waals surface area contributed by atoms with Gasteiger partial charge in [-0.1, -0.05) is 58.0 Å². The third-order valence-corrected chi connectivity index (χ3v) is 6.65. The second kappa shape index (κ2) is 8.63. The highest BCUT2D eigenvalue weighted by Gasteiger charge is 2.25. The Hall–Kier alpha value is -3.61. The maximum Gasteiger partial charge on any atom is 0.274 e.